The first-order valence-corrected chi connectivity index (χ1v) is 10.6. The molecule has 0 atom stereocenters. The SMILES string of the molecule is COc1ccccc1-c1c(C)nn(Cc2cc(C)nn2C)c(=O)c1C=Cc1cccc(F)c1. The minimum Gasteiger partial charge on any atom is -0.496 e. The van der Waals surface area contributed by atoms with Crippen LogP contribution in [0.5, 0.6) is 5.75 Å². The van der Waals surface area contributed by atoms with Crippen molar-refractivity contribution in [3.05, 3.63) is 99.0 Å². The zero-order valence-corrected chi connectivity index (χ0v) is 19.0. The third-order valence-electron chi connectivity index (χ3n) is 5.44. The third-order valence-corrected chi connectivity index (χ3v) is 5.44. The number of ether oxygens (including phenoxy) is 1. The molecule has 0 radical (unpaired) electrons. The first-order valence-electron chi connectivity index (χ1n) is 10.6. The van der Waals surface area contributed by atoms with Crippen LogP contribution in [0.4, 0.5) is 4.39 Å². The molecule has 0 aliphatic carbocycles. The molecular weight excluding hydrogens is 419 g/mol. The molecule has 0 saturated carbocycles. The lowest BCUT2D eigenvalue weighted by atomic mass is 9.97. The quantitative estimate of drug-likeness (QED) is 0.435. The Labute approximate surface area is 191 Å². The summed E-state index contributed by atoms with van der Waals surface area (Å²) < 4.78 is 22.4. The van der Waals surface area contributed by atoms with Crippen LogP contribution < -0.4 is 10.3 Å². The van der Waals surface area contributed by atoms with E-state index in [1.54, 1.807) is 36.1 Å². The molecule has 0 aliphatic heterocycles. The fourth-order valence-corrected chi connectivity index (χ4v) is 3.93. The Morgan fingerprint density at radius 2 is 1.82 bits per heavy atom. The summed E-state index contributed by atoms with van der Waals surface area (Å²) in [6.07, 6.45) is 3.45. The number of nitrogens with zero attached hydrogens (tertiary/aromatic N) is 4. The van der Waals surface area contributed by atoms with Crippen molar-refractivity contribution in [3.8, 4) is 16.9 Å². The van der Waals surface area contributed by atoms with E-state index in [1.807, 2.05) is 51.2 Å². The predicted octanol–water partition coefficient (Wildman–Crippen LogP) is 4.63. The van der Waals surface area contributed by atoms with Crippen LogP contribution >= 0.6 is 0 Å². The van der Waals surface area contributed by atoms with Crippen molar-refractivity contribution in [1.82, 2.24) is 19.6 Å². The number of aryl methyl sites for hydroxylation is 3. The highest BCUT2D eigenvalue weighted by Gasteiger charge is 2.19. The number of halogens is 1. The standard InChI is InChI=1S/C26H25FN4O2/c1-17-14-21(30(3)28-17)16-31-26(32)23(13-12-19-8-7-9-20(27)15-19)25(18(2)29-31)22-10-5-6-11-24(22)33-4/h5-15H,16H2,1-4H3. The first-order chi connectivity index (χ1) is 15.9. The molecule has 7 heteroatoms. The van der Waals surface area contributed by atoms with Gasteiger partial charge in [0.05, 0.1) is 36.3 Å². The average Bonchev–Trinajstić information content (AvgIpc) is 3.11. The van der Waals surface area contributed by atoms with Crippen LogP contribution in [0.3, 0.4) is 0 Å². The summed E-state index contributed by atoms with van der Waals surface area (Å²) >= 11 is 0. The van der Waals surface area contributed by atoms with Crippen LogP contribution in [-0.2, 0) is 13.6 Å². The van der Waals surface area contributed by atoms with E-state index in [0.29, 0.717) is 28.1 Å². The van der Waals surface area contributed by atoms with Crippen LogP contribution in [-0.4, -0.2) is 26.7 Å². The van der Waals surface area contributed by atoms with Gasteiger partial charge in [-0.15, -0.1) is 0 Å². The van der Waals surface area contributed by atoms with Gasteiger partial charge in [0.15, 0.2) is 0 Å². The van der Waals surface area contributed by atoms with E-state index < -0.39 is 0 Å². The summed E-state index contributed by atoms with van der Waals surface area (Å²) in [7, 11) is 3.43. The lowest BCUT2D eigenvalue weighted by Gasteiger charge is -2.16. The van der Waals surface area contributed by atoms with Crippen LogP contribution in [0.1, 0.15) is 28.2 Å². The van der Waals surface area contributed by atoms with E-state index in [-0.39, 0.29) is 17.9 Å². The highest BCUT2D eigenvalue weighted by Crippen LogP contribution is 2.33. The van der Waals surface area contributed by atoms with Gasteiger partial charge in [-0.1, -0.05) is 36.4 Å². The molecule has 6 nitrogen and oxygen atoms in total. The lowest BCUT2D eigenvalue weighted by Crippen LogP contribution is -2.28. The van der Waals surface area contributed by atoms with Crippen molar-refractivity contribution in [2.24, 2.45) is 7.05 Å². The van der Waals surface area contributed by atoms with Gasteiger partial charge in [-0.3, -0.25) is 9.48 Å². The van der Waals surface area contributed by atoms with Gasteiger partial charge in [-0.25, -0.2) is 9.07 Å². The van der Waals surface area contributed by atoms with Gasteiger partial charge >= 0.3 is 0 Å². The Hall–Kier alpha value is -4.00. The molecule has 33 heavy (non-hydrogen) atoms. The number of para-hydroxylation sites is 1. The molecule has 0 fully saturated rings. The van der Waals surface area contributed by atoms with Crippen molar-refractivity contribution < 1.29 is 9.13 Å². The van der Waals surface area contributed by atoms with Gasteiger partial charge in [0.2, 0.25) is 0 Å². The number of hydrogen-bond acceptors (Lipinski definition) is 4. The fraction of sp³-hybridized carbons (Fsp3) is 0.192. The third kappa shape index (κ3) is 4.62. The summed E-state index contributed by atoms with van der Waals surface area (Å²) in [6, 6.07) is 15.7. The summed E-state index contributed by atoms with van der Waals surface area (Å²) in [6.45, 7) is 4.05. The summed E-state index contributed by atoms with van der Waals surface area (Å²) in [4.78, 5) is 13.6. The Morgan fingerprint density at radius 1 is 1.03 bits per heavy atom. The van der Waals surface area contributed by atoms with E-state index in [1.165, 1.54) is 16.8 Å². The van der Waals surface area contributed by atoms with Gasteiger partial charge in [-0.05, 0) is 49.8 Å². The number of hydrogen-bond donors (Lipinski definition) is 0. The van der Waals surface area contributed by atoms with Gasteiger partial charge in [0, 0.05) is 18.2 Å². The van der Waals surface area contributed by atoms with Crippen molar-refractivity contribution in [2.75, 3.05) is 7.11 Å². The highest BCUT2D eigenvalue weighted by molar-refractivity contribution is 5.84. The lowest BCUT2D eigenvalue weighted by molar-refractivity contribution is 0.416. The monoisotopic (exact) mass is 444 g/mol. The summed E-state index contributed by atoms with van der Waals surface area (Å²) in [5.74, 6) is 0.305. The minimum absolute atomic E-state index is 0.256. The van der Waals surface area contributed by atoms with Crippen molar-refractivity contribution in [2.45, 2.75) is 20.4 Å². The van der Waals surface area contributed by atoms with Gasteiger partial charge in [0.25, 0.3) is 5.56 Å². The van der Waals surface area contributed by atoms with Gasteiger partial charge < -0.3 is 4.74 Å². The number of rotatable bonds is 6. The molecule has 0 unspecified atom stereocenters. The second-order valence-electron chi connectivity index (χ2n) is 7.83. The largest absolute Gasteiger partial charge is 0.496 e. The van der Waals surface area contributed by atoms with Crippen LogP contribution in [0.25, 0.3) is 23.3 Å². The van der Waals surface area contributed by atoms with Crippen molar-refractivity contribution in [1.29, 1.82) is 0 Å². The van der Waals surface area contributed by atoms with E-state index in [9.17, 15) is 9.18 Å². The highest BCUT2D eigenvalue weighted by atomic mass is 19.1. The second kappa shape index (κ2) is 9.24. The maximum atomic E-state index is 13.7. The topological polar surface area (TPSA) is 61.9 Å². The molecule has 0 N–H and O–H groups in total. The van der Waals surface area contributed by atoms with E-state index in [2.05, 4.69) is 10.2 Å². The molecule has 168 valence electrons. The zero-order valence-electron chi connectivity index (χ0n) is 19.0. The molecule has 4 rings (SSSR count). The summed E-state index contributed by atoms with van der Waals surface area (Å²) in [5, 5.41) is 8.97. The number of aromatic nitrogens is 4. The van der Waals surface area contributed by atoms with Crippen LogP contribution in [0.15, 0.2) is 59.4 Å². The van der Waals surface area contributed by atoms with E-state index in [0.717, 1.165) is 17.0 Å². The molecule has 2 aromatic heterocycles. The smallest absolute Gasteiger partial charge is 0.275 e. The molecule has 0 amide bonds. The van der Waals surface area contributed by atoms with Gasteiger partial charge in [-0.2, -0.15) is 10.2 Å². The molecule has 2 heterocycles. The molecule has 0 saturated heterocycles. The molecule has 2 aromatic carbocycles. The predicted molar refractivity (Wildman–Crippen MR) is 128 cm³/mol. The minimum atomic E-state index is -0.336. The average molecular weight is 445 g/mol. The Balaban J connectivity index is 1.91. The molecule has 4 aromatic rings. The van der Waals surface area contributed by atoms with Gasteiger partial charge in [0.1, 0.15) is 11.6 Å². The molecule has 0 aliphatic rings. The number of methoxy groups -OCH3 is 1. The fourth-order valence-electron chi connectivity index (χ4n) is 3.93. The number of benzene rings is 2. The van der Waals surface area contributed by atoms with E-state index in [4.69, 9.17) is 4.74 Å². The Bertz CT molecular complexity index is 1400. The normalized spacial score (nSPS) is 11.3. The second-order valence-corrected chi connectivity index (χ2v) is 7.83. The Kier molecular flexibility index (Phi) is 6.22. The molecule has 0 spiro atoms. The van der Waals surface area contributed by atoms with Crippen molar-refractivity contribution >= 4 is 12.2 Å². The first kappa shape index (κ1) is 22.2. The summed E-state index contributed by atoms with van der Waals surface area (Å²) in [5.41, 5.74) is 4.72. The van der Waals surface area contributed by atoms with E-state index >= 15 is 0 Å². The molecule has 0 bridgehead atoms. The van der Waals surface area contributed by atoms with Crippen LogP contribution in [0.2, 0.25) is 0 Å². The van der Waals surface area contributed by atoms with Crippen molar-refractivity contribution in [3.63, 3.8) is 0 Å². The van der Waals surface area contributed by atoms with Crippen LogP contribution in [0, 0.1) is 19.7 Å². The maximum Gasteiger partial charge on any atom is 0.275 e. The Morgan fingerprint density at radius 3 is 2.52 bits per heavy atom. The maximum absolute atomic E-state index is 13.7. The zero-order chi connectivity index (χ0) is 23.5. The molecular formula is C26H25FN4O2.